The van der Waals surface area contributed by atoms with E-state index in [2.05, 4.69) is 5.48 Å². The molecular weight excluding hydrogens is 376 g/mol. The average molecular weight is 408 g/mol. The summed E-state index contributed by atoms with van der Waals surface area (Å²) in [6, 6.07) is 13.7. The molecule has 4 nitrogen and oxygen atoms in total. The molecule has 2 fully saturated rings. The summed E-state index contributed by atoms with van der Waals surface area (Å²) in [7, 11) is 1.70. The quantitative estimate of drug-likeness (QED) is 0.779. The molecule has 2 aromatic carbocycles. The molecule has 0 spiro atoms. The molecule has 2 heterocycles. The molecule has 0 radical (unpaired) electrons. The number of halogens is 2. The normalized spacial score (nSPS) is 25.2. The van der Waals surface area contributed by atoms with Crippen LogP contribution in [0.5, 0.6) is 0 Å². The van der Waals surface area contributed by atoms with Gasteiger partial charge in [-0.05, 0) is 25.0 Å². The van der Waals surface area contributed by atoms with Crippen LogP contribution in [0.3, 0.4) is 0 Å². The van der Waals surface area contributed by atoms with Crippen molar-refractivity contribution in [1.82, 2.24) is 5.48 Å². The Labute approximate surface area is 172 Å². The standard InChI is InChI=1S/C13H15F2NO2.C8H10O.C2H6/c1-8-10-4-5-17-7-13(10,16-18-8)11-3-2-9(14)6-12(11)15;1-9-7-8-5-3-2-4-6-8;1-2/h2-3,6,8,10,16H,4-5,7H2,1H3;2-6H,7H2,1H3;1-2H3. The van der Waals surface area contributed by atoms with E-state index in [1.54, 1.807) is 7.11 Å². The van der Waals surface area contributed by atoms with Gasteiger partial charge in [0, 0.05) is 31.3 Å². The zero-order chi connectivity index (χ0) is 21.3. The minimum atomic E-state index is -0.699. The van der Waals surface area contributed by atoms with Gasteiger partial charge in [-0.2, -0.15) is 5.48 Å². The monoisotopic (exact) mass is 407 g/mol. The maximum atomic E-state index is 14.0. The summed E-state index contributed by atoms with van der Waals surface area (Å²) in [6.07, 6.45) is 0.781. The third kappa shape index (κ3) is 5.60. The van der Waals surface area contributed by atoms with Crippen LogP contribution in [0.25, 0.3) is 0 Å². The van der Waals surface area contributed by atoms with Crippen LogP contribution in [0, 0.1) is 17.6 Å². The lowest BCUT2D eigenvalue weighted by atomic mass is 9.74. The minimum Gasteiger partial charge on any atom is -0.380 e. The van der Waals surface area contributed by atoms with Crippen molar-refractivity contribution in [3.63, 3.8) is 0 Å². The topological polar surface area (TPSA) is 39.7 Å². The van der Waals surface area contributed by atoms with Gasteiger partial charge in [-0.1, -0.05) is 50.2 Å². The zero-order valence-corrected chi connectivity index (χ0v) is 17.6. The van der Waals surface area contributed by atoms with Gasteiger partial charge < -0.3 is 9.47 Å². The lowest BCUT2D eigenvalue weighted by Gasteiger charge is -2.38. The fraction of sp³-hybridized carbons (Fsp3) is 0.478. The summed E-state index contributed by atoms with van der Waals surface area (Å²) >= 11 is 0. The Morgan fingerprint density at radius 3 is 2.52 bits per heavy atom. The zero-order valence-electron chi connectivity index (χ0n) is 17.6. The maximum Gasteiger partial charge on any atom is 0.131 e. The fourth-order valence-electron chi connectivity index (χ4n) is 3.74. The number of fused-ring (bicyclic) bond motifs is 1. The predicted molar refractivity (Wildman–Crippen MR) is 109 cm³/mol. The van der Waals surface area contributed by atoms with Gasteiger partial charge in [-0.15, -0.1) is 0 Å². The third-order valence-electron chi connectivity index (χ3n) is 5.10. The highest BCUT2D eigenvalue weighted by molar-refractivity contribution is 5.30. The number of hydroxylamine groups is 1. The number of benzene rings is 2. The van der Waals surface area contributed by atoms with E-state index in [0.29, 0.717) is 25.4 Å². The summed E-state index contributed by atoms with van der Waals surface area (Å²) in [5.41, 5.74) is 3.85. The average Bonchev–Trinajstić information content (AvgIpc) is 3.09. The molecule has 0 bridgehead atoms. The SMILES string of the molecule is CC.CC1ONC2(c3ccc(F)cc3F)COCCC12.COCc1ccccc1. The second-order valence-corrected chi connectivity index (χ2v) is 6.89. The fourth-order valence-corrected chi connectivity index (χ4v) is 3.74. The Morgan fingerprint density at radius 2 is 1.86 bits per heavy atom. The Kier molecular flexibility index (Phi) is 9.17. The molecule has 1 N–H and O–H groups in total. The number of ether oxygens (including phenoxy) is 2. The Hall–Kier alpha value is -1.86. The first-order chi connectivity index (χ1) is 14.1. The molecule has 6 heteroatoms. The van der Waals surface area contributed by atoms with Crippen LogP contribution >= 0.6 is 0 Å². The van der Waals surface area contributed by atoms with Gasteiger partial charge in [0.15, 0.2) is 0 Å². The van der Waals surface area contributed by atoms with E-state index in [9.17, 15) is 8.78 Å². The summed E-state index contributed by atoms with van der Waals surface area (Å²) < 4.78 is 37.4. The Bertz CT molecular complexity index is 740. The molecule has 160 valence electrons. The van der Waals surface area contributed by atoms with Crippen molar-refractivity contribution in [3.8, 4) is 0 Å². The van der Waals surface area contributed by atoms with E-state index in [1.165, 1.54) is 17.7 Å². The van der Waals surface area contributed by atoms with E-state index in [0.717, 1.165) is 12.5 Å². The van der Waals surface area contributed by atoms with Gasteiger partial charge in [0.2, 0.25) is 0 Å². The highest BCUT2D eigenvalue weighted by atomic mass is 19.1. The lowest BCUT2D eigenvalue weighted by Crippen LogP contribution is -2.50. The second-order valence-electron chi connectivity index (χ2n) is 6.89. The molecule has 0 aliphatic carbocycles. The number of nitrogens with one attached hydrogen (secondary N) is 1. The number of hydrogen-bond donors (Lipinski definition) is 1. The van der Waals surface area contributed by atoms with Crippen LogP contribution in [0.4, 0.5) is 8.78 Å². The van der Waals surface area contributed by atoms with Crippen molar-refractivity contribution in [1.29, 1.82) is 0 Å². The number of rotatable bonds is 3. The van der Waals surface area contributed by atoms with Crippen molar-refractivity contribution in [2.24, 2.45) is 5.92 Å². The highest BCUT2D eigenvalue weighted by Crippen LogP contribution is 2.43. The number of hydrogen-bond acceptors (Lipinski definition) is 4. The van der Waals surface area contributed by atoms with E-state index in [-0.39, 0.29) is 12.0 Å². The van der Waals surface area contributed by atoms with Gasteiger partial charge in [0.1, 0.15) is 11.6 Å². The second kappa shape index (κ2) is 11.4. The predicted octanol–water partition coefficient (Wildman–Crippen LogP) is 4.98. The third-order valence-corrected chi connectivity index (χ3v) is 5.10. The Balaban J connectivity index is 0.000000231. The molecule has 2 saturated heterocycles. The van der Waals surface area contributed by atoms with Crippen molar-refractivity contribution >= 4 is 0 Å². The summed E-state index contributed by atoms with van der Waals surface area (Å²) in [5.74, 6) is -1.00. The molecule has 0 amide bonds. The van der Waals surface area contributed by atoms with Crippen molar-refractivity contribution < 1.29 is 23.1 Å². The first kappa shape index (κ1) is 23.4. The molecule has 3 atom stereocenters. The molecule has 3 unspecified atom stereocenters. The van der Waals surface area contributed by atoms with Crippen LogP contribution in [-0.2, 0) is 26.5 Å². The van der Waals surface area contributed by atoms with Crippen LogP contribution in [-0.4, -0.2) is 26.4 Å². The summed E-state index contributed by atoms with van der Waals surface area (Å²) in [5, 5.41) is 0. The molecule has 0 saturated carbocycles. The van der Waals surface area contributed by atoms with Gasteiger partial charge in [0.05, 0.1) is 24.9 Å². The van der Waals surface area contributed by atoms with Crippen LogP contribution in [0.1, 0.15) is 38.3 Å². The smallest absolute Gasteiger partial charge is 0.131 e. The molecular formula is C23H31F2NO3. The van der Waals surface area contributed by atoms with Crippen LogP contribution in [0.2, 0.25) is 0 Å². The van der Waals surface area contributed by atoms with Crippen molar-refractivity contribution in [2.75, 3.05) is 20.3 Å². The Morgan fingerprint density at radius 1 is 1.14 bits per heavy atom. The molecule has 4 rings (SSSR count). The van der Waals surface area contributed by atoms with Crippen LogP contribution in [0.15, 0.2) is 48.5 Å². The summed E-state index contributed by atoms with van der Waals surface area (Å²) in [4.78, 5) is 5.45. The first-order valence-electron chi connectivity index (χ1n) is 10.1. The molecule has 2 aliphatic heterocycles. The molecule has 2 aromatic rings. The van der Waals surface area contributed by atoms with Crippen molar-refractivity contribution in [2.45, 2.75) is 45.4 Å². The first-order valence-corrected chi connectivity index (χ1v) is 10.1. The summed E-state index contributed by atoms with van der Waals surface area (Å²) in [6.45, 7) is 7.64. The maximum absolute atomic E-state index is 14.0. The highest BCUT2D eigenvalue weighted by Gasteiger charge is 2.52. The van der Waals surface area contributed by atoms with Gasteiger partial charge in [0.25, 0.3) is 0 Å². The van der Waals surface area contributed by atoms with Gasteiger partial charge >= 0.3 is 0 Å². The van der Waals surface area contributed by atoms with E-state index < -0.39 is 17.2 Å². The van der Waals surface area contributed by atoms with Gasteiger partial charge in [-0.3, -0.25) is 4.84 Å². The number of methoxy groups -OCH3 is 1. The van der Waals surface area contributed by atoms with Crippen LogP contribution < -0.4 is 5.48 Å². The molecule has 2 aliphatic rings. The van der Waals surface area contributed by atoms with E-state index >= 15 is 0 Å². The lowest BCUT2D eigenvalue weighted by molar-refractivity contribution is -0.0244. The largest absolute Gasteiger partial charge is 0.380 e. The minimum absolute atomic E-state index is 0.0154. The molecule has 0 aromatic heterocycles. The van der Waals surface area contributed by atoms with Gasteiger partial charge in [-0.25, -0.2) is 8.78 Å². The molecule has 29 heavy (non-hydrogen) atoms. The van der Waals surface area contributed by atoms with E-state index in [4.69, 9.17) is 14.3 Å². The van der Waals surface area contributed by atoms with Crippen molar-refractivity contribution in [3.05, 3.63) is 71.3 Å². The van der Waals surface area contributed by atoms with E-state index in [1.807, 2.05) is 51.1 Å².